The maximum Gasteiger partial charge on any atom is 0.250 e. The molecular weight excluding hydrogens is 268 g/mol. The topological polar surface area (TPSA) is 58.6 Å². The van der Waals surface area contributed by atoms with Gasteiger partial charge in [0.1, 0.15) is 18.3 Å². The predicted octanol–water partition coefficient (Wildman–Crippen LogP) is 1.96. The van der Waals surface area contributed by atoms with Crippen LogP contribution < -0.4 is 15.0 Å². The summed E-state index contributed by atoms with van der Waals surface area (Å²) in [5, 5.41) is 2.78. The van der Waals surface area contributed by atoms with Crippen LogP contribution in [0.25, 0.3) is 0 Å². The predicted molar refractivity (Wildman–Crippen MR) is 81.3 cm³/mol. The van der Waals surface area contributed by atoms with Crippen molar-refractivity contribution < 1.29 is 14.3 Å². The number of nitrogens with one attached hydrogen (secondary N) is 1. The van der Waals surface area contributed by atoms with Gasteiger partial charge in [-0.3, -0.25) is 14.5 Å². The van der Waals surface area contributed by atoms with E-state index in [9.17, 15) is 9.59 Å². The zero-order valence-corrected chi connectivity index (χ0v) is 12.8. The first-order valence-electron chi connectivity index (χ1n) is 7.35. The van der Waals surface area contributed by atoms with Gasteiger partial charge in [-0.15, -0.1) is 0 Å². The van der Waals surface area contributed by atoms with E-state index in [2.05, 4.69) is 5.32 Å². The molecule has 21 heavy (non-hydrogen) atoms. The number of carbonyl (C=O) groups excluding carboxylic acids is 2. The van der Waals surface area contributed by atoms with Crippen molar-refractivity contribution >= 4 is 17.5 Å². The SMILES string of the molecule is CCOc1ccccc1N1CC(=O)NC(CC(C)C)C1=O. The maximum atomic E-state index is 12.6. The average Bonchev–Trinajstić information content (AvgIpc) is 2.43. The minimum Gasteiger partial charge on any atom is -0.492 e. The number of hydrogen-bond donors (Lipinski definition) is 1. The third-order valence-corrected chi connectivity index (χ3v) is 3.36. The monoisotopic (exact) mass is 290 g/mol. The van der Waals surface area contributed by atoms with Gasteiger partial charge >= 0.3 is 0 Å². The molecular formula is C16H22N2O3. The van der Waals surface area contributed by atoms with E-state index in [1.807, 2.05) is 45.0 Å². The van der Waals surface area contributed by atoms with Gasteiger partial charge in [0.25, 0.3) is 0 Å². The van der Waals surface area contributed by atoms with Crippen LogP contribution in [-0.4, -0.2) is 31.0 Å². The van der Waals surface area contributed by atoms with Crippen molar-refractivity contribution in [1.29, 1.82) is 0 Å². The van der Waals surface area contributed by atoms with Crippen LogP contribution in [0.4, 0.5) is 5.69 Å². The highest BCUT2D eigenvalue weighted by Crippen LogP contribution is 2.30. The third-order valence-electron chi connectivity index (χ3n) is 3.36. The number of benzene rings is 1. The van der Waals surface area contributed by atoms with E-state index in [1.165, 1.54) is 4.90 Å². The number of amides is 2. The molecule has 1 fully saturated rings. The largest absolute Gasteiger partial charge is 0.492 e. The molecule has 0 aromatic heterocycles. The van der Waals surface area contributed by atoms with Crippen molar-refractivity contribution in [2.45, 2.75) is 33.2 Å². The summed E-state index contributed by atoms with van der Waals surface area (Å²) in [7, 11) is 0. The lowest BCUT2D eigenvalue weighted by Crippen LogP contribution is -2.58. The Labute approximate surface area is 125 Å². The van der Waals surface area contributed by atoms with Crippen LogP contribution in [0.2, 0.25) is 0 Å². The number of anilines is 1. The molecule has 2 rings (SSSR count). The summed E-state index contributed by atoms with van der Waals surface area (Å²) in [4.78, 5) is 26.1. The van der Waals surface area contributed by atoms with E-state index in [0.29, 0.717) is 30.4 Å². The summed E-state index contributed by atoms with van der Waals surface area (Å²) >= 11 is 0. The first-order chi connectivity index (χ1) is 10.0. The molecule has 0 saturated carbocycles. The van der Waals surface area contributed by atoms with E-state index >= 15 is 0 Å². The van der Waals surface area contributed by atoms with E-state index in [0.717, 1.165) is 0 Å². The number of para-hydroxylation sites is 2. The molecule has 1 unspecified atom stereocenters. The summed E-state index contributed by atoms with van der Waals surface area (Å²) < 4.78 is 5.56. The Balaban J connectivity index is 2.29. The van der Waals surface area contributed by atoms with Crippen LogP contribution in [0.3, 0.4) is 0 Å². The van der Waals surface area contributed by atoms with Gasteiger partial charge in [0.05, 0.1) is 12.3 Å². The second kappa shape index (κ2) is 6.61. The molecule has 1 heterocycles. The molecule has 1 N–H and O–H groups in total. The van der Waals surface area contributed by atoms with Gasteiger partial charge in [0, 0.05) is 0 Å². The molecule has 1 saturated heterocycles. The average molecular weight is 290 g/mol. The summed E-state index contributed by atoms with van der Waals surface area (Å²) in [5.74, 6) is 0.759. The van der Waals surface area contributed by atoms with Gasteiger partial charge in [0.15, 0.2) is 0 Å². The fourth-order valence-corrected chi connectivity index (χ4v) is 2.50. The minimum atomic E-state index is -0.457. The van der Waals surface area contributed by atoms with Gasteiger partial charge in [-0.1, -0.05) is 26.0 Å². The maximum absolute atomic E-state index is 12.6. The third kappa shape index (κ3) is 3.54. The quantitative estimate of drug-likeness (QED) is 0.902. The van der Waals surface area contributed by atoms with Crippen LogP contribution >= 0.6 is 0 Å². The molecule has 0 spiro atoms. The normalized spacial score (nSPS) is 18.9. The highest BCUT2D eigenvalue weighted by Gasteiger charge is 2.34. The number of piperazine rings is 1. The minimum absolute atomic E-state index is 0.0392. The highest BCUT2D eigenvalue weighted by atomic mass is 16.5. The number of carbonyl (C=O) groups is 2. The van der Waals surface area contributed by atoms with Crippen LogP contribution in [0.1, 0.15) is 27.2 Å². The first-order valence-corrected chi connectivity index (χ1v) is 7.35. The molecule has 114 valence electrons. The van der Waals surface area contributed by atoms with Crippen molar-refractivity contribution in [1.82, 2.24) is 5.32 Å². The molecule has 5 nitrogen and oxygen atoms in total. The summed E-state index contributed by atoms with van der Waals surface area (Å²) in [6, 6.07) is 6.87. The molecule has 1 atom stereocenters. The molecule has 0 bridgehead atoms. The van der Waals surface area contributed by atoms with Crippen molar-refractivity contribution in [3.05, 3.63) is 24.3 Å². The summed E-state index contributed by atoms with van der Waals surface area (Å²) in [5.41, 5.74) is 0.660. The number of nitrogens with zero attached hydrogens (tertiary/aromatic N) is 1. The van der Waals surface area contributed by atoms with Gasteiger partial charge < -0.3 is 10.1 Å². The van der Waals surface area contributed by atoms with Crippen LogP contribution in [0.15, 0.2) is 24.3 Å². The first kappa shape index (κ1) is 15.4. The Morgan fingerprint density at radius 3 is 2.71 bits per heavy atom. The van der Waals surface area contributed by atoms with E-state index in [1.54, 1.807) is 0 Å². The zero-order chi connectivity index (χ0) is 15.4. The Hall–Kier alpha value is -2.04. The molecule has 0 aliphatic carbocycles. The smallest absolute Gasteiger partial charge is 0.250 e. The lowest BCUT2D eigenvalue weighted by atomic mass is 10.0. The van der Waals surface area contributed by atoms with Gasteiger partial charge in [-0.25, -0.2) is 0 Å². The van der Waals surface area contributed by atoms with E-state index in [-0.39, 0.29) is 18.4 Å². The van der Waals surface area contributed by atoms with Crippen LogP contribution in [0.5, 0.6) is 5.75 Å². The molecule has 2 amide bonds. The second-order valence-corrected chi connectivity index (χ2v) is 5.57. The Kier molecular flexibility index (Phi) is 4.83. The molecule has 0 radical (unpaired) electrons. The van der Waals surface area contributed by atoms with Crippen molar-refractivity contribution in [2.24, 2.45) is 5.92 Å². The lowest BCUT2D eigenvalue weighted by Gasteiger charge is -2.34. The highest BCUT2D eigenvalue weighted by molar-refractivity contribution is 6.07. The molecule has 1 aliphatic heterocycles. The Morgan fingerprint density at radius 2 is 2.05 bits per heavy atom. The lowest BCUT2D eigenvalue weighted by molar-refractivity contribution is -0.131. The fourth-order valence-electron chi connectivity index (χ4n) is 2.50. The van der Waals surface area contributed by atoms with Gasteiger partial charge in [0.2, 0.25) is 11.8 Å². The second-order valence-electron chi connectivity index (χ2n) is 5.57. The van der Waals surface area contributed by atoms with Crippen molar-refractivity contribution in [2.75, 3.05) is 18.1 Å². The van der Waals surface area contributed by atoms with Crippen molar-refractivity contribution in [3.8, 4) is 5.75 Å². The molecule has 5 heteroatoms. The van der Waals surface area contributed by atoms with Crippen LogP contribution in [-0.2, 0) is 9.59 Å². The van der Waals surface area contributed by atoms with Crippen LogP contribution in [0, 0.1) is 5.92 Å². The Bertz CT molecular complexity index is 528. The standard InChI is InChI=1S/C16H22N2O3/c1-4-21-14-8-6-5-7-13(14)18-10-15(19)17-12(16(18)20)9-11(2)3/h5-8,11-12H,4,9-10H2,1-3H3,(H,17,19). The summed E-state index contributed by atoms with van der Waals surface area (Å²) in [6.07, 6.45) is 0.637. The summed E-state index contributed by atoms with van der Waals surface area (Å²) in [6.45, 7) is 6.51. The van der Waals surface area contributed by atoms with Gasteiger partial charge in [-0.05, 0) is 31.4 Å². The molecule has 1 aromatic carbocycles. The number of ether oxygens (including phenoxy) is 1. The zero-order valence-electron chi connectivity index (χ0n) is 12.8. The molecule has 1 aromatic rings. The van der Waals surface area contributed by atoms with E-state index < -0.39 is 6.04 Å². The number of hydrogen-bond acceptors (Lipinski definition) is 3. The van der Waals surface area contributed by atoms with Gasteiger partial charge in [-0.2, -0.15) is 0 Å². The molecule has 1 aliphatic rings. The number of rotatable bonds is 5. The van der Waals surface area contributed by atoms with Crippen molar-refractivity contribution in [3.63, 3.8) is 0 Å². The Morgan fingerprint density at radius 1 is 1.33 bits per heavy atom. The van der Waals surface area contributed by atoms with E-state index in [4.69, 9.17) is 4.74 Å². The fraction of sp³-hybridized carbons (Fsp3) is 0.500.